The number of benzene rings is 1. The van der Waals surface area contributed by atoms with Crippen LogP contribution in [0.25, 0.3) is 0 Å². The summed E-state index contributed by atoms with van der Waals surface area (Å²) in [6, 6.07) is 5.43. The Bertz CT molecular complexity index is 488. The monoisotopic (exact) mass is 268 g/mol. The SMILES string of the molecule is O=C(O)CCNC(=O)COc1cccc([N+](=O)[O-])c1. The van der Waals surface area contributed by atoms with E-state index in [2.05, 4.69) is 5.32 Å². The molecule has 1 rings (SSSR count). The van der Waals surface area contributed by atoms with Crippen LogP contribution in [0.1, 0.15) is 6.42 Å². The largest absolute Gasteiger partial charge is 0.484 e. The first-order valence-corrected chi connectivity index (χ1v) is 5.35. The van der Waals surface area contributed by atoms with Gasteiger partial charge in [-0.25, -0.2) is 0 Å². The number of nitro benzene ring substituents is 1. The lowest BCUT2D eigenvalue weighted by atomic mass is 10.3. The fraction of sp³-hybridized carbons (Fsp3) is 0.273. The summed E-state index contributed by atoms with van der Waals surface area (Å²) in [5.41, 5.74) is -0.135. The number of non-ortho nitro benzene ring substituents is 1. The third-order valence-electron chi connectivity index (χ3n) is 2.06. The van der Waals surface area contributed by atoms with Crippen molar-refractivity contribution in [2.45, 2.75) is 6.42 Å². The van der Waals surface area contributed by atoms with Gasteiger partial charge in [0.05, 0.1) is 17.4 Å². The Morgan fingerprint density at radius 2 is 2.16 bits per heavy atom. The van der Waals surface area contributed by atoms with Crippen molar-refractivity contribution in [3.8, 4) is 5.75 Å². The van der Waals surface area contributed by atoms with Crippen molar-refractivity contribution < 1.29 is 24.4 Å². The molecule has 0 aliphatic carbocycles. The second-order valence-electron chi connectivity index (χ2n) is 3.54. The van der Waals surface area contributed by atoms with E-state index in [9.17, 15) is 19.7 Å². The van der Waals surface area contributed by atoms with Gasteiger partial charge >= 0.3 is 5.97 Å². The van der Waals surface area contributed by atoms with Gasteiger partial charge in [-0.3, -0.25) is 19.7 Å². The van der Waals surface area contributed by atoms with Crippen LogP contribution in [-0.2, 0) is 9.59 Å². The molecule has 0 heterocycles. The minimum absolute atomic E-state index is 0.00641. The Hall–Kier alpha value is -2.64. The molecule has 0 aliphatic rings. The molecule has 0 aromatic heterocycles. The van der Waals surface area contributed by atoms with Crippen LogP contribution in [0.2, 0.25) is 0 Å². The molecule has 0 saturated carbocycles. The molecular formula is C11H12N2O6. The first-order chi connectivity index (χ1) is 8.99. The van der Waals surface area contributed by atoms with Crippen LogP contribution in [-0.4, -0.2) is 35.1 Å². The minimum Gasteiger partial charge on any atom is -0.484 e. The normalized spacial score (nSPS) is 9.68. The van der Waals surface area contributed by atoms with Crippen molar-refractivity contribution in [1.29, 1.82) is 0 Å². The zero-order chi connectivity index (χ0) is 14.3. The molecule has 0 fully saturated rings. The lowest BCUT2D eigenvalue weighted by Crippen LogP contribution is -2.30. The van der Waals surface area contributed by atoms with Crippen LogP contribution in [0.4, 0.5) is 5.69 Å². The van der Waals surface area contributed by atoms with E-state index in [4.69, 9.17) is 9.84 Å². The summed E-state index contributed by atoms with van der Waals surface area (Å²) in [6.45, 7) is -0.326. The maximum absolute atomic E-state index is 11.3. The molecule has 0 atom stereocenters. The molecule has 8 nitrogen and oxygen atoms in total. The number of aliphatic carboxylic acids is 1. The van der Waals surface area contributed by atoms with Gasteiger partial charge in [0.2, 0.25) is 0 Å². The molecule has 1 amide bonds. The molecule has 0 bridgehead atoms. The molecule has 19 heavy (non-hydrogen) atoms. The van der Waals surface area contributed by atoms with Gasteiger partial charge in [-0.15, -0.1) is 0 Å². The molecule has 0 saturated heterocycles. The lowest BCUT2D eigenvalue weighted by molar-refractivity contribution is -0.384. The molecule has 0 unspecified atom stereocenters. The summed E-state index contributed by atoms with van der Waals surface area (Å²) in [5, 5.41) is 21.2. The van der Waals surface area contributed by atoms with Gasteiger partial charge in [0, 0.05) is 12.6 Å². The number of carboxylic acid groups (broad SMARTS) is 1. The number of rotatable bonds is 7. The van der Waals surface area contributed by atoms with E-state index >= 15 is 0 Å². The highest BCUT2D eigenvalue weighted by Gasteiger charge is 2.08. The maximum Gasteiger partial charge on any atom is 0.305 e. The quantitative estimate of drug-likeness (QED) is 0.551. The zero-order valence-electron chi connectivity index (χ0n) is 9.87. The number of hydrogen-bond acceptors (Lipinski definition) is 5. The molecule has 1 aromatic rings. The number of nitro groups is 1. The number of hydrogen-bond donors (Lipinski definition) is 2. The number of carboxylic acids is 1. The summed E-state index contributed by atoms with van der Waals surface area (Å²) in [4.78, 5) is 31.4. The molecule has 102 valence electrons. The fourth-order valence-corrected chi connectivity index (χ4v) is 1.20. The molecule has 2 N–H and O–H groups in total. The maximum atomic E-state index is 11.3. The highest BCUT2D eigenvalue weighted by Crippen LogP contribution is 2.18. The predicted molar refractivity (Wildman–Crippen MR) is 63.9 cm³/mol. The van der Waals surface area contributed by atoms with Gasteiger partial charge in [0.1, 0.15) is 5.75 Å². The van der Waals surface area contributed by atoms with Crippen molar-refractivity contribution in [3.63, 3.8) is 0 Å². The summed E-state index contributed by atoms with van der Waals surface area (Å²) in [7, 11) is 0. The number of nitrogens with zero attached hydrogens (tertiary/aromatic N) is 1. The van der Waals surface area contributed by atoms with Crippen LogP contribution in [0.3, 0.4) is 0 Å². The van der Waals surface area contributed by atoms with Crippen LogP contribution in [0.5, 0.6) is 5.75 Å². The Labute approximate surface area is 108 Å². The average Bonchev–Trinajstić information content (AvgIpc) is 2.36. The van der Waals surface area contributed by atoms with Crippen LogP contribution in [0, 0.1) is 10.1 Å². The zero-order valence-corrected chi connectivity index (χ0v) is 9.87. The predicted octanol–water partition coefficient (Wildman–Crippen LogP) is 0.564. The van der Waals surface area contributed by atoms with E-state index in [1.807, 2.05) is 0 Å². The van der Waals surface area contributed by atoms with Crippen molar-refractivity contribution >= 4 is 17.6 Å². The van der Waals surface area contributed by atoms with Gasteiger partial charge in [-0.05, 0) is 6.07 Å². The van der Waals surface area contributed by atoms with E-state index < -0.39 is 16.8 Å². The van der Waals surface area contributed by atoms with Crippen LogP contribution < -0.4 is 10.1 Å². The van der Waals surface area contributed by atoms with Gasteiger partial charge in [-0.2, -0.15) is 0 Å². The van der Waals surface area contributed by atoms with Crippen molar-refractivity contribution in [2.24, 2.45) is 0 Å². The highest BCUT2D eigenvalue weighted by atomic mass is 16.6. The number of ether oxygens (including phenoxy) is 1. The summed E-state index contributed by atoms with van der Waals surface area (Å²) in [5.74, 6) is -1.31. The van der Waals surface area contributed by atoms with E-state index in [0.29, 0.717) is 0 Å². The van der Waals surface area contributed by atoms with Gasteiger partial charge in [-0.1, -0.05) is 6.07 Å². The van der Waals surface area contributed by atoms with Crippen LogP contribution in [0.15, 0.2) is 24.3 Å². The molecule has 8 heteroatoms. The van der Waals surface area contributed by atoms with Gasteiger partial charge in [0.25, 0.3) is 11.6 Å². The lowest BCUT2D eigenvalue weighted by Gasteiger charge is -2.06. The Morgan fingerprint density at radius 3 is 2.79 bits per heavy atom. The fourth-order valence-electron chi connectivity index (χ4n) is 1.20. The Kier molecular flexibility index (Phi) is 5.27. The van der Waals surface area contributed by atoms with Gasteiger partial charge in [0.15, 0.2) is 6.61 Å². The highest BCUT2D eigenvalue weighted by molar-refractivity contribution is 5.78. The molecule has 0 radical (unpaired) electrons. The summed E-state index contributed by atoms with van der Waals surface area (Å²) in [6.07, 6.45) is -0.178. The van der Waals surface area contributed by atoms with Crippen molar-refractivity contribution in [1.82, 2.24) is 5.32 Å². The topological polar surface area (TPSA) is 119 Å². The van der Waals surface area contributed by atoms with Crippen LogP contribution >= 0.6 is 0 Å². The van der Waals surface area contributed by atoms with E-state index in [0.717, 1.165) is 0 Å². The summed E-state index contributed by atoms with van der Waals surface area (Å²) >= 11 is 0. The van der Waals surface area contributed by atoms with E-state index in [1.54, 1.807) is 0 Å². The van der Waals surface area contributed by atoms with E-state index in [1.165, 1.54) is 24.3 Å². The number of carbonyl (C=O) groups excluding carboxylic acids is 1. The number of carbonyl (C=O) groups is 2. The van der Waals surface area contributed by atoms with Gasteiger partial charge < -0.3 is 15.2 Å². The molecule has 0 spiro atoms. The second kappa shape index (κ2) is 6.94. The molecular weight excluding hydrogens is 256 g/mol. The second-order valence-corrected chi connectivity index (χ2v) is 3.54. The minimum atomic E-state index is -1.01. The summed E-state index contributed by atoms with van der Waals surface area (Å²) < 4.78 is 5.05. The molecule has 0 aliphatic heterocycles. The number of nitrogens with one attached hydrogen (secondary N) is 1. The third-order valence-corrected chi connectivity index (χ3v) is 2.06. The molecule has 1 aromatic carbocycles. The smallest absolute Gasteiger partial charge is 0.305 e. The number of amides is 1. The van der Waals surface area contributed by atoms with Crippen molar-refractivity contribution in [2.75, 3.05) is 13.2 Å². The average molecular weight is 268 g/mol. The first kappa shape index (κ1) is 14.4. The van der Waals surface area contributed by atoms with E-state index in [-0.39, 0.29) is 31.0 Å². The Morgan fingerprint density at radius 1 is 1.42 bits per heavy atom. The first-order valence-electron chi connectivity index (χ1n) is 5.35. The van der Waals surface area contributed by atoms with Crippen molar-refractivity contribution in [3.05, 3.63) is 34.4 Å². The Balaban J connectivity index is 2.39. The standard InChI is InChI=1S/C11H12N2O6/c14-10(12-5-4-11(15)16)7-19-9-3-1-2-8(6-9)13(17)18/h1-3,6H,4-5,7H2,(H,12,14)(H,15,16). The third kappa shape index (κ3) is 5.48.